The number of halogens is 2. The average Bonchev–Trinajstić information content (AvgIpc) is 3.26. The zero-order valence-electron chi connectivity index (χ0n) is 34.1. The van der Waals surface area contributed by atoms with Crippen molar-refractivity contribution in [1.82, 2.24) is 4.90 Å². The fourth-order valence-corrected chi connectivity index (χ4v) is 9.20. The third kappa shape index (κ3) is 9.65. The Kier molecular flexibility index (Phi) is 15.6. The molecule has 6 atom stereocenters. The standard InChI is InChI=1S/C46H54ClFN2O10/c1-4-22-58-46-42(50(45(54)57-23-19-47)28-30-11-13-33(48)14-12-30)27-39(49-56-3)37-25-31(9-5-7-20-51)36(10-6-8-21-52)43(44(37)46)38-26-35(16-18-41(38)60-46)59-34-15-17-40(55-2)32(24-34)29-53/h4,11-18,24-26,29,31,36,42-44,51-52H,1,5-10,19-23,27-28H2,2-3H3/t31-,36+,42-,43+,44+,46+/m0/s1. The molecule has 0 radical (unpaired) electrons. The molecular weight excluding hydrogens is 795 g/mol. The second kappa shape index (κ2) is 21.0. The van der Waals surface area contributed by atoms with Crippen LogP contribution in [-0.2, 0) is 20.9 Å². The maximum Gasteiger partial charge on any atom is 0.410 e. The highest BCUT2D eigenvalue weighted by atomic mass is 35.5. The summed E-state index contributed by atoms with van der Waals surface area (Å²) in [6.07, 6.45) is 8.32. The number of unbranched alkanes of at least 4 members (excludes halogenated alkanes) is 2. The van der Waals surface area contributed by atoms with Gasteiger partial charge in [0.1, 0.15) is 48.6 Å². The summed E-state index contributed by atoms with van der Waals surface area (Å²) in [4.78, 5) is 33.3. The van der Waals surface area contributed by atoms with E-state index in [-0.39, 0.29) is 63.0 Å². The molecule has 322 valence electrons. The number of benzene rings is 3. The fraction of sp³-hybridized carbons (Fsp3) is 0.457. The molecule has 3 aromatic rings. The molecule has 1 saturated carbocycles. The molecular formula is C46H54ClFN2O10. The quantitative estimate of drug-likeness (QED) is 0.0352. The number of hydrogen-bond donors (Lipinski definition) is 2. The number of aldehydes is 1. The van der Waals surface area contributed by atoms with Gasteiger partial charge in [-0.3, -0.25) is 9.69 Å². The van der Waals surface area contributed by atoms with Gasteiger partial charge in [-0.25, -0.2) is 9.18 Å². The Balaban J connectivity index is 1.58. The minimum Gasteiger partial charge on any atom is -0.496 e. The summed E-state index contributed by atoms with van der Waals surface area (Å²) >= 11 is 6.02. The Labute approximate surface area is 355 Å². The lowest BCUT2D eigenvalue weighted by Crippen LogP contribution is -2.70. The Morgan fingerprint density at radius 3 is 2.45 bits per heavy atom. The molecule has 14 heteroatoms. The lowest BCUT2D eigenvalue weighted by Gasteiger charge is -2.59. The normalized spacial score (nSPS) is 23.3. The number of alkyl halides is 1. The monoisotopic (exact) mass is 848 g/mol. The van der Waals surface area contributed by atoms with Gasteiger partial charge in [-0.1, -0.05) is 42.3 Å². The predicted octanol–water partition coefficient (Wildman–Crippen LogP) is 8.58. The summed E-state index contributed by atoms with van der Waals surface area (Å²) in [5.74, 6) is -0.943. The first-order valence-corrected chi connectivity index (χ1v) is 21.0. The van der Waals surface area contributed by atoms with Crippen LogP contribution >= 0.6 is 11.6 Å². The van der Waals surface area contributed by atoms with E-state index in [9.17, 15) is 24.2 Å². The lowest BCUT2D eigenvalue weighted by atomic mass is 9.55. The van der Waals surface area contributed by atoms with Crippen LogP contribution in [0.15, 0.2) is 90.1 Å². The van der Waals surface area contributed by atoms with Crippen LogP contribution in [0.4, 0.5) is 9.18 Å². The molecule has 3 aliphatic rings. The van der Waals surface area contributed by atoms with Gasteiger partial charge in [-0.15, -0.1) is 18.2 Å². The maximum absolute atomic E-state index is 14.3. The molecule has 60 heavy (non-hydrogen) atoms. The van der Waals surface area contributed by atoms with Crippen LogP contribution in [0.2, 0.25) is 0 Å². The van der Waals surface area contributed by atoms with Crippen molar-refractivity contribution in [3.05, 3.63) is 107 Å². The molecule has 2 aliphatic carbocycles. The minimum atomic E-state index is -1.55. The van der Waals surface area contributed by atoms with Gasteiger partial charge in [0.05, 0.1) is 36.8 Å². The van der Waals surface area contributed by atoms with E-state index >= 15 is 0 Å². The van der Waals surface area contributed by atoms with E-state index in [2.05, 4.69) is 17.8 Å². The molecule has 1 heterocycles. The number of hydrogen-bond acceptors (Lipinski definition) is 11. The van der Waals surface area contributed by atoms with Crippen molar-refractivity contribution >= 4 is 29.7 Å². The van der Waals surface area contributed by atoms with Gasteiger partial charge < -0.3 is 38.7 Å². The molecule has 6 rings (SSSR count). The maximum atomic E-state index is 14.3. The van der Waals surface area contributed by atoms with Crippen molar-refractivity contribution in [2.24, 2.45) is 22.9 Å². The first-order chi connectivity index (χ1) is 29.2. The molecule has 0 bridgehead atoms. The fourth-order valence-electron chi connectivity index (χ4n) is 9.12. The number of fused-ring (bicyclic) bond motifs is 2. The number of oxime groups is 1. The van der Waals surface area contributed by atoms with Crippen LogP contribution < -0.4 is 14.2 Å². The van der Waals surface area contributed by atoms with Gasteiger partial charge in [0.15, 0.2) is 6.29 Å². The number of methoxy groups -OCH3 is 1. The third-order valence-corrected chi connectivity index (χ3v) is 11.7. The van der Waals surface area contributed by atoms with Crippen LogP contribution in [0.5, 0.6) is 23.0 Å². The zero-order valence-corrected chi connectivity index (χ0v) is 34.9. The van der Waals surface area contributed by atoms with E-state index < -0.39 is 29.7 Å². The summed E-state index contributed by atoms with van der Waals surface area (Å²) in [6.45, 7) is 4.10. The van der Waals surface area contributed by atoms with Crippen molar-refractivity contribution in [2.45, 2.75) is 69.2 Å². The van der Waals surface area contributed by atoms with E-state index in [1.807, 2.05) is 12.1 Å². The van der Waals surface area contributed by atoms with Crippen LogP contribution in [-0.4, -0.2) is 91.6 Å². The SMILES string of the molecule is C=CCO[C@@]12Oc3ccc(Oc4ccc(OC)c(C=O)c4)cc3[C@H]3[C@H](CCCCO)[C@@H](CCCCO)C=C(C(=NOC)C[C@@H]1N(Cc1ccc(F)cc1)C(=O)OCCCl)[C@H]32. The molecule has 3 aromatic carbocycles. The van der Waals surface area contributed by atoms with Crippen LogP contribution in [0.25, 0.3) is 0 Å². The van der Waals surface area contributed by atoms with E-state index in [1.54, 1.807) is 47.4 Å². The summed E-state index contributed by atoms with van der Waals surface area (Å²) in [5.41, 5.74) is 3.28. The number of carbonyl (C=O) groups excluding carboxylic acids is 2. The smallest absolute Gasteiger partial charge is 0.410 e. The van der Waals surface area contributed by atoms with Gasteiger partial charge in [0.25, 0.3) is 0 Å². The molecule has 0 spiro atoms. The molecule has 0 aromatic heterocycles. The second-order valence-corrected chi connectivity index (χ2v) is 15.5. The van der Waals surface area contributed by atoms with E-state index in [1.165, 1.54) is 26.4 Å². The Morgan fingerprint density at radius 1 is 1.03 bits per heavy atom. The average molecular weight is 849 g/mol. The highest BCUT2D eigenvalue weighted by Crippen LogP contribution is 2.62. The highest BCUT2D eigenvalue weighted by Gasteiger charge is 2.65. The summed E-state index contributed by atoms with van der Waals surface area (Å²) in [7, 11) is 2.97. The van der Waals surface area contributed by atoms with Crippen molar-refractivity contribution in [2.75, 3.05) is 46.5 Å². The number of ether oxygens (including phenoxy) is 5. The van der Waals surface area contributed by atoms with Crippen LogP contribution in [0.1, 0.15) is 72.3 Å². The minimum absolute atomic E-state index is 0.0125. The van der Waals surface area contributed by atoms with Crippen LogP contribution in [0, 0.1) is 23.6 Å². The topological polar surface area (TPSA) is 146 Å². The molecule has 1 fully saturated rings. The van der Waals surface area contributed by atoms with Crippen molar-refractivity contribution in [3.8, 4) is 23.0 Å². The first kappa shape index (κ1) is 44.6. The van der Waals surface area contributed by atoms with Gasteiger partial charge in [-0.2, -0.15) is 0 Å². The van der Waals surface area contributed by atoms with Crippen molar-refractivity contribution < 1.29 is 52.7 Å². The number of rotatable bonds is 21. The molecule has 0 unspecified atom stereocenters. The molecule has 0 saturated heterocycles. The third-order valence-electron chi connectivity index (χ3n) is 11.6. The number of amides is 1. The molecule has 2 N–H and O–H groups in total. The number of carbonyl (C=O) groups is 2. The van der Waals surface area contributed by atoms with Crippen molar-refractivity contribution in [3.63, 3.8) is 0 Å². The van der Waals surface area contributed by atoms with Crippen molar-refractivity contribution in [1.29, 1.82) is 0 Å². The van der Waals surface area contributed by atoms with Gasteiger partial charge >= 0.3 is 6.09 Å². The summed E-state index contributed by atoms with van der Waals surface area (Å²) in [6, 6.07) is 15.6. The van der Waals surface area contributed by atoms with E-state index in [4.69, 9.17) is 40.1 Å². The van der Waals surface area contributed by atoms with Crippen LogP contribution in [0.3, 0.4) is 0 Å². The summed E-state index contributed by atoms with van der Waals surface area (Å²) < 4.78 is 45.9. The Morgan fingerprint density at radius 2 is 1.77 bits per heavy atom. The molecule has 1 aliphatic heterocycles. The largest absolute Gasteiger partial charge is 0.496 e. The molecule has 12 nitrogen and oxygen atoms in total. The second-order valence-electron chi connectivity index (χ2n) is 15.1. The Bertz CT molecular complexity index is 2010. The van der Waals surface area contributed by atoms with E-state index in [0.717, 1.165) is 36.8 Å². The zero-order chi connectivity index (χ0) is 42.6. The first-order valence-electron chi connectivity index (χ1n) is 20.4. The van der Waals surface area contributed by atoms with Gasteiger partial charge in [0, 0.05) is 37.7 Å². The van der Waals surface area contributed by atoms with E-state index in [0.29, 0.717) is 59.0 Å². The lowest BCUT2D eigenvalue weighted by molar-refractivity contribution is -0.256. The number of aliphatic hydroxyl groups is 2. The number of aliphatic hydroxyl groups excluding tert-OH is 2. The highest BCUT2D eigenvalue weighted by molar-refractivity contribution is 6.18. The Hall–Kier alpha value is -4.95. The van der Waals surface area contributed by atoms with Gasteiger partial charge in [0.2, 0.25) is 5.79 Å². The number of allylic oxidation sites excluding steroid dienone is 1. The number of nitrogens with zero attached hydrogens (tertiary/aromatic N) is 2. The predicted molar refractivity (Wildman–Crippen MR) is 224 cm³/mol. The van der Waals surface area contributed by atoms with Gasteiger partial charge in [-0.05, 0) is 97.2 Å². The summed E-state index contributed by atoms with van der Waals surface area (Å²) in [5, 5.41) is 24.3. The molecule has 1 amide bonds.